The monoisotopic (exact) mass is 457 g/mol. The lowest BCUT2D eigenvalue weighted by Crippen LogP contribution is -2.09. The Bertz CT molecular complexity index is 646. The molecule has 0 unspecified atom stereocenters. The van der Waals surface area contributed by atoms with Gasteiger partial charge in [0.25, 0.3) is 0 Å². The van der Waals surface area contributed by atoms with Crippen molar-refractivity contribution in [2.45, 2.75) is 6.18 Å². The zero-order valence-electron chi connectivity index (χ0n) is 10.1. The van der Waals surface area contributed by atoms with Crippen LogP contribution in [0.2, 0.25) is 0 Å². The summed E-state index contributed by atoms with van der Waals surface area (Å²) in [5.41, 5.74) is -0.816. The van der Waals surface area contributed by atoms with Gasteiger partial charge in [0.05, 0.1) is 9.13 Å². The van der Waals surface area contributed by atoms with E-state index in [-0.39, 0.29) is 11.4 Å². The Hall–Kier alpha value is -0.900. The predicted octanol–water partition coefficient (Wildman–Crippen LogP) is 4.57. The molecular formula is C12H8BrF3IN3. The maximum Gasteiger partial charge on any atom is 0.417 e. The second-order valence-electron chi connectivity index (χ2n) is 3.83. The summed E-state index contributed by atoms with van der Waals surface area (Å²) in [6, 6.07) is 3.91. The molecular weight excluding hydrogens is 450 g/mol. The van der Waals surface area contributed by atoms with Crippen molar-refractivity contribution >= 4 is 44.3 Å². The molecule has 0 saturated carbocycles. The van der Waals surface area contributed by atoms with Crippen molar-refractivity contribution in [3.63, 3.8) is 0 Å². The summed E-state index contributed by atoms with van der Waals surface area (Å²) in [4.78, 5) is 8.11. The van der Waals surface area contributed by atoms with Crippen LogP contribution >= 0.6 is 38.5 Å². The summed E-state index contributed by atoms with van der Waals surface area (Å²) in [6.45, 7) is 0. The molecule has 1 heterocycles. The number of hydrogen-bond acceptors (Lipinski definition) is 3. The number of hydrogen-bond donors (Lipinski definition) is 1. The van der Waals surface area contributed by atoms with E-state index < -0.39 is 11.7 Å². The minimum atomic E-state index is -4.47. The van der Waals surface area contributed by atoms with E-state index in [2.05, 4.69) is 31.2 Å². The molecule has 0 radical (unpaired) electrons. The SMILES string of the molecule is CNc1nc(-c2ccc(Br)cc2C(F)(F)F)ncc1I. The van der Waals surface area contributed by atoms with Gasteiger partial charge >= 0.3 is 6.18 Å². The largest absolute Gasteiger partial charge is 0.417 e. The highest BCUT2D eigenvalue weighted by Crippen LogP contribution is 2.37. The molecule has 0 atom stereocenters. The number of nitrogens with zero attached hydrogens (tertiary/aromatic N) is 2. The Morgan fingerprint density at radius 2 is 2.00 bits per heavy atom. The molecule has 106 valence electrons. The van der Waals surface area contributed by atoms with Crippen LogP contribution in [0.1, 0.15) is 5.56 Å². The lowest BCUT2D eigenvalue weighted by molar-refractivity contribution is -0.137. The first-order valence-corrected chi connectivity index (χ1v) is 7.27. The molecule has 1 aromatic carbocycles. The Balaban J connectivity index is 2.64. The fourth-order valence-corrected chi connectivity index (χ4v) is 2.51. The summed E-state index contributed by atoms with van der Waals surface area (Å²) in [7, 11) is 1.65. The standard InChI is InChI=1S/C12H8BrF3IN3/c1-18-11-9(17)5-19-10(20-11)7-3-2-6(13)4-8(7)12(14,15)16/h2-5H,1H3,(H,18,19,20). The van der Waals surface area contributed by atoms with Gasteiger partial charge in [-0.05, 0) is 40.8 Å². The molecule has 0 amide bonds. The minimum Gasteiger partial charge on any atom is -0.372 e. The van der Waals surface area contributed by atoms with Crippen molar-refractivity contribution in [2.75, 3.05) is 12.4 Å². The molecule has 0 aliphatic heterocycles. The van der Waals surface area contributed by atoms with E-state index in [1.54, 1.807) is 7.05 Å². The van der Waals surface area contributed by atoms with Gasteiger partial charge in [0.1, 0.15) is 5.82 Å². The van der Waals surface area contributed by atoms with Crippen LogP contribution in [-0.2, 0) is 6.18 Å². The van der Waals surface area contributed by atoms with E-state index >= 15 is 0 Å². The van der Waals surface area contributed by atoms with Gasteiger partial charge < -0.3 is 5.32 Å². The molecule has 0 aliphatic carbocycles. The Morgan fingerprint density at radius 3 is 2.60 bits per heavy atom. The van der Waals surface area contributed by atoms with Crippen molar-refractivity contribution in [1.82, 2.24) is 9.97 Å². The second kappa shape index (κ2) is 5.84. The average molecular weight is 458 g/mol. The molecule has 8 heteroatoms. The molecule has 2 aromatic rings. The lowest BCUT2D eigenvalue weighted by Gasteiger charge is -2.13. The molecule has 1 N–H and O–H groups in total. The molecule has 0 aliphatic rings. The van der Waals surface area contributed by atoms with Crippen LogP contribution in [0.4, 0.5) is 19.0 Å². The summed E-state index contributed by atoms with van der Waals surface area (Å²) < 4.78 is 40.3. The first-order valence-electron chi connectivity index (χ1n) is 5.40. The van der Waals surface area contributed by atoms with Gasteiger partial charge in [-0.25, -0.2) is 9.97 Å². The number of benzene rings is 1. The molecule has 0 bridgehead atoms. The molecule has 2 rings (SSSR count). The number of alkyl halides is 3. The zero-order chi connectivity index (χ0) is 14.9. The van der Waals surface area contributed by atoms with E-state index in [0.717, 1.165) is 9.64 Å². The number of halogens is 5. The fourth-order valence-electron chi connectivity index (χ4n) is 1.62. The Labute approximate surface area is 135 Å². The Kier molecular flexibility index (Phi) is 4.52. The highest BCUT2D eigenvalue weighted by atomic mass is 127. The van der Waals surface area contributed by atoms with Crippen molar-refractivity contribution in [2.24, 2.45) is 0 Å². The molecule has 0 fully saturated rings. The lowest BCUT2D eigenvalue weighted by atomic mass is 10.1. The number of anilines is 1. The topological polar surface area (TPSA) is 37.8 Å². The first kappa shape index (κ1) is 15.5. The van der Waals surface area contributed by atoms with Gasteiger partial charge in [0, 0.05) is 23.3 Å². The smallest absolute Gasteiger partial charge is 0.372 e. The third-order valence-corrected chi connectivity index (χ3v) is 3.79. The van der Waals surface area contributed by atoms with Gasteiger partial charge in [-0.15, -0.1) is 0 Å². The van der Waals surface area contributed by atoms with Gasteiger partial charge in [-0.1, -0.05) is 15.9 Å². The van der Waals surface area contributed by atoms with E-state index in [9.17, 15) is 13.2 Å². The highest BCUT2D eigenvalue weighted by Gasteiger charge is 2.34. The molecule has 0 spiro atoms. The molecule has 1 aromatic heterocycles. The predicted molar refractivity (Wildman–Crippen MR) is 82.4 cm³/mol. The maximum absolute atomic E-state index is 13.1. The second-order valence-corrected chi connectivity index (χ2v) is 5.91. The number of nitrogens with one attached hydrogen (secondary N) is 1. The number of rotatable bonds is 2. The summed E-state index contributed by atoms with van der Waals surface area (Å²) in [5.74, 6) is 0.529. The van der Waals surface area contributed by atoms with Crippen LogP contribution in [0, 0.1) is 3.57 Å². The average Bonchev–Trinajstić information content (AvgIpc) is 2.38. The van der Waals surface area contributed by atoms with Crippen molar-refractivity contribution < 1.29 is 13.2 Å². The van der Waals surface area contributed by atoms with Crippen molar-refractivity contribution in [3.05, 3.63) is 38.0 Å². The molecule has 0 saturated heterocycles. The normalized spacial score (nSPS) is 11.5. The van der Waals surface area contributed by atoms with Gasteiger partial charge in [-0.2, -0.15) is 13.2 Å². The molecule has 3 nitrogen and oxygen atoms in total. The van der Waals surface area contributed by atoms with Gasteiger partial charge in [0.15, 0.2) is 5.82 Å². The number of aromatic nitrogens is 2. The van der Waals surface area contributed by atoms with E-state index in [1.807, 2.05) is 22.6 Å². The van der Waals surface area contributed by atoms with Crippen molar-refractivity contribution in [3.8, 4) is 11.4 Å². The van der Waals surface area contributed by atoms with Crippen LogP contribution in [0.5, 0.6) is 0 Å². The quantitative estimate of drug-likeness (QED) is 0.671. The summed E-state index contributed by atoms with van der Waals surface area (Å²) in [5, 5.41) is 2.83. The molecule has 20 heavy (non-hydrogen) atoms. The third-order valence-electron chi connectivity index (χ3n) is 2.51. The van der Waals surface area contributed by atoms with E-state index in [0.29, 0.717) is 10.3 Å². The summed E-state index contributed by atoms with van der Waals surface area (Å²) >= 11 is 5.06. The van der Waals surface area contributed by atoms with Crippen molar-refractivity contribution in [1.29, 1.82) is 0 Å². The highest BCUT2D eigenvalue weighted by molar-refractivity contribution is 14.1. The fraction of sp³-hybridized carbons (Fsp3) is 0.167. The third kappa shape index (κ3) is 3.22. The van der Waals surface area contributed by atoms with Gasteiger partial charge in [0.2, 0.25) is 0 Å². The minimum absolute atomic E-state index is 0.0367. The summed E-state index contributed by atoms with van der Waals surface area (Å²) in [6.07, 6.45) is -2.98. The van der Waals surface area contributed by atoms with Gasteiger partial charge in [-0.3, -0.25) is 0 Å². The zero-order valence-corrected chi connectivity index (χ0v) is 13.8. The van der Waals surface area contributed by atoms with Crippen LogP contribution < -0.4 is 5.32 Å². The van der Waals surface area contributed by atoms with Crippen LogP contribution in [-0.4, -0.2) is 17.0 Å². The van der Waals surface area contributed by atoms with Crippen LogP contribution in [0.3, 0.4) is 0 Å². The van der Waals surface area contributed by atoms with E-state index in [4.69, 9.17) is 0 Å². The first-order chi connectivity index (χ1) is 9.32. The van der Waals surface area contributed by atoms with Crippen LogP contribution in [0.25, 0.3) is 11.4 Å². The maximum atomic E-state index is 13.1. The van der Waals surface area contributed by atoms with Crippen LogP contribution in [0.15, 0.2) is 28.9 Å². The Morgan fingerprint density at radius 1 is 1.30 bits per heavy atom. The van der Waals surface area contributed by atoms with E-state index in [1.165, 1.54) is 18.3 Å².